The monoisotopic (exact) mass is 257 g/mol. The van der Waals surface area contributed by atoms with Crippen molar-refractivity contribution in [2.45, 2.75) is 6.54 Å². The number of aromatic nitrogens is 4. The van der Waals surface area contributed by atoms with E-state index in [1.54, 1.807) is 12.1 Å². The number of pyridine rings is 2. The molecule has 0 atom stereocenters. The lowest BCUT2D eigenvalue weighted by Gasteiger charge is -2.16. The molecule has 0 spiro atoms. The summed E-state index contributed by atoms with van der Waals surface area (Å²) in [4.78, 5) is 5.66. The van der Waals surface area contributed by atoms with Crippen LogP contribution in [0.5, 0.6) is 0 Å². The van der Waals surface area contributed by atoms with Gasteiger partial charge in [-0.15, -0.1) is 10.2 Å². The normalized spacial score (nSPS) is 10.8. The van der Waals surface area contributed by atoms with Crippen molar-refractivity contribution in [1.82, 2.24) is 19.6 Å². The lowest BCUT2D eigenvalue weighted by Crippen LogP contribution is -2.19. The first-order valence-electron chi connectivity index (χ1n) is 5.86. The quantitative estimate of drug-likeness (QED) is 0.672. The second kappa shape index (κ2) is 4.64. The zero-order valence-corrected chi connectivity index (χ0v) is 10.4. The molecule has 0 bridgehead atoms. The first kappa shape index (κ1) is 11.6. The van der Waals surface area contributed by atoms with E-state index in [0.29, 0.717) is 12.4 Å². The Hall–Kier alpha value is -2.50. The first-order chi connectivity index (χ1) is 9.24. The Morgan fingerprint density at radius 3 is 2.89 bits per heavy atom. The van der Waals surface area contributed by atoms with Gasteiger partial charge in [0, 0.05) is 13.2 Å². The van der Waals surface area contributed by atoms with Crippen molar-refractivity contribution in [1.29, 1.82) is 0 Å². The molecular formula is C13H12FN5. The van der Waals surface area contributed by atoms with Crippen molar-refractivity contribution >= 4 is 11.5 Å². The fraction of sp³-hybridized carbons (Fsp3) is 0.154. The second-order valence-corrected chi connectivity index (χ2v) is 4.22. The zero-order chi connectivity index (χ0) is 13.2. The summed E-state index contributed by atoms with van der Waals surface area (Å²) in [7, 11) is 1.84. The molecule has 0 fully saturated rings. The Balaban J connectivity index is 1.89. The number of nitrogens with zero attached hydrogens (tertiary/aromatic N) is 5. The maximum absolute atomic E-state index is 13.1. The molecule has 0 amide bonds. The predicted molar refractivity (Wildman–Crippen MR) is 69.3 cm³/mol. The van der Waals surface area contributed by atoms with Gasteiger partial charge >= 0.3 is 0 Å². The minimum atomic E-state index is -0.490. The lowest BCUT2D eigenvalue weighted by molar-refractivity contribution is 0.581. The fourth-order valence-corrected chi connectivity index (χ4v) is 1.90. The molecule has 0 aliphatic rings. The number of hydrogen-bond donors (Lipinski definition) is 0. The molecule has 3 heterocycles. The van der Waals surface area contributed by atoms with Gasteiger partial charge in [0.15, 0.2) is 11.5 Å². The summed E-state index contributed by atoms with van der Waals surface area (Å²) in [5.74, 6) is 0.854. The van der Waals surface area contributed by atoms with E-state index in [1.807, 2.05) is 40.7 Å². The summed E-state index contributed by atoms with van der Waals surface area (Å²) in [6, 6.07) is 10.4. The molecule has 0 radical (unpaired) electrons. The summed E-state index contributed by atoms with van der Waals surface area (Å²) in [6.45, 7) is 0.502. The van der Waals surface area contributed by atoms with E-state index in [-0.39, 0.29) is 0 Å². The molecule has 6 heteroatoms. The topological polar surface area (TPSA) is 46.3 Å². The van der Waals surface area contributed by atoms with E-state index < -0.39 is 5.95 Å². The summed E-state index contributed by atoms with van der Waals surface area (Å²) < 4.78 is 15.0. The van der Waals surface area contributed by atoms with Crippen LogP contribution in [0.2, 0.25) is 0 Å². The van der Waals surface area contributed by atoms with Gasteiger partial charge in [0.05, 0.1) is 6.54 Å². The van der Waals surface area contributed by atoms with Gasteiger partial charge in [-0.25, -0.2) is 4.98 Å². The molecule has 96 valence electrons. The Kier molecular flexibility index (Phi) is 2.83. The molecule has 0 unspecified atom stereocenters. The van der Waals surface area contributed by atoms with Crippen LogP contribution in [-0.4, -0.2) is 26.6 Å². The van der Waals surface area contributed by atoms with Crippen molar-refractivity contribution in [2.24, 2.45) is 0 Å². The van der Waals surface area contributed by atoms with Gasteiger partial charge in [0.25, 0.3) is 0 Å². The number of fused-ring (bicyclic) bond motifs is 1. The molecule has 0 saturated heterocycles. The third-order valence-corrected chi connectivity index (χ3v) is 2.85. The number of rotatable bonds is 3. The van der Waals surface area contributed by atoms with Crippen LogP contribution in [0.1, 0.15) is 5.82 Å². The molecule has 3 aromatic heterocycles. The van der Waals surface area contributed by atoms with Crippen molar-refractivity contribution in [3.63, 3.8) is 0 Å². The molecule has 0 N–H and O–H groups in total. The van der Waals surface area contributed by atoms with Gasteiger partial charge in [-0.3, -0.25) is 4.40 Å². The molecule has 3 aromatic rings. The van der Waals surface area contributed by atoms with Crippen molar-refractivity contribution in [3.05, 3.63) is 54.4 Å². The molecule has 0 aliphatic carbocycles. The second-order valence-electron chi connectivity index (χ2n) is 4.22. The average Bonchev–Trinajstić information content (AvgIpc) is 2.82. The lowest BCUT2D eigenvalue weighted by atomic mass is 10.4. The predicted octanol–water partition coefficient (Wildman–Crippen LogP) is 1.90. The number of anilines is 1. The summed E-state index contributed by atoms with van der Waals surface area (Å²) >= 11 is 0. The highest BCUT2D eigenvalue weighted by atomic mass is 19.1. The molecule has 3 rings (SSSR count). The smallest absolute Gasteiger partial charge is 0.214 e. The Labute approximate surface area is 109 Å². The highest BCUT2D eigenvalue weighted by Crippen LogP contribution is 2.12. The maximum Gasteiger partial charge on any atom is 0.214 e. The van der Waals surface area contributed by atoms with Crippen LogP contribution in [0.4, 0.5) is 10.2 Å². The van der Waals surface area contributed by atoms with E-state index in [2.05, 4.69) is 15.2 Å². The van der Waals surface area contributed by atoms with E-state index in [1.165, 1.54) is 6.07 Å². The SMILES string of the molecule is CN(Cc1nnc2ccccn12)c1cccc(F)n1. The van der Waals surface area contributed by atoms with Crippen LogP contribution in [0.3, 0.4) is 0 Å². The number of hydrogen-bond acceptors (Lipinski definition) is 4. The summed E-state index contributed by atoms with van der Waals surface area (Å²) in [5.41, 5.74) is 0.790. The Bertz CT molecular complexity index is 709. The summed E-state index contributed by atoms with van der Waals surface area (Å²) in [5, 5.41) is 8.21. The fourth-order valence-electron chi connectivity index (χ4n) is 1.90. The van der Waals surface area contributed by atoms with Gasteiger partial charge in [-0.05, 0) is 24.3 Å². The van der Waals surface area contributed by atoms with Crippen molar-refractivity contribution in [3.8, 4) is 0 Å². The largest absolute Gasteiger partial charge is 0.352 e. The Morgan fingerprint density at radius 1 is 1.16 bits per heavy atom. The minimum absolute atomic E-state index is 0.490. The third-order valence-electron chi connectivity index (χ3n) is 2.85. The van der Waals surface area contributed by atoms with E-state index >= 15 is 0 Å². The standard InChI is InChI=1S/C13H12FN5/c1-18(11-7-4-5-10(14)15-11)9-13-17-16-12-6-2-3-8-19(12)13/h2-8H,9H2,1H3. The van der Waals surface area contributed by atoms with Crippen LogP contribution >= 0.6 is 0 Å². The third kappa shape index (κ3) is 2.24. The summed E-state index contributed by atoms with van der Waals surface area (Å²) in [6.07, 6.45) is 1.90. The zero-order valence-electron chi connectivity index (χ0n) is 10.4. The average molecular weight is 257 g/mol. The van der Waals surface area contributed by atoms with E-state index in [0.717, 1.165) is 11.5 Å². The van der Waals surface area contributed by atoms with Crippen LogP contribution in [0.15, 0.2) is 42.6 Å². The van der Waals surface area contributed by atoms with E-state index in [4.69, 9.17) is 0 Å². The number of halogens is 1. The van der Waals surface area contributed by atoms with E-state index in [9.17, 15) is 4.39 Å². The molecule has 0 aliphatic heterocycles. The molecule has 0 aromatic carbocycles. The minimum Gasteiger partial charge on any atom is -0.352 e. The molecule has 5 nitrogen and oxygen atoms in total. The van der Waals surface area contributed by atoms with Crippen LogP contribution in [0.25, 0.3) is 5.65 Å². The van der Waals surface area contributed by atoms with Gasteiger partial charge in [-0.2, -0.15) is 4.39 Å². The molecule has 0 saturated carbocycles. The van der Waals surface area contributed by atoms with Gasteiger partial charge in [0.1, 0.15) is 5.82 Å². The Morgan fingerprint density at radius 2 is 2.05 bits per heavy atom. The molecular weight excluding hydrogens is 245 g/mol. The van der Waals surface area contributed by atoms with Gasteiger partial charge in [0.2, 0.25) is 5.95 Å². The van der Waals surface area contributed by atoms with Crippen molar-refractivity contribution < 1.29 is 4.39 Å². The van der Waals surface area contributed by atoms with Crippen molar-refractivity contribution in [2.75, 3.05) is 11.9 Å². The van der Waals surface area contributed by atoms with Crippen LogP contribution < -0.4 is 4.90 Å². The van der Waals surface area contributed by atoms with Gasteiger partial charge < -0.3 is 4.90 Å². The highest BCUT2D eigenvalue weighted by Gasteiger charge is 2.09. The van der Waals surface area contributed by atoms with Crippen LogP contribution in [0, 0.1) is 5.95 Å². The first-order valence-corrected chi connectivity index (χ1v) is 5.86. The maximum atomic E-state index is 13.1. The highest BCUT2D eigenvalue weighted by molar-refractivity contribution is 5.40. The van der Waals surface area contributed by atoms with Crippen LogP contribution in [-0.2, 0) is 6.54 Å². The molecule has 19 heavy (non-hydrogen) atoms. The van der Waals surface area contributed by atoms with Gasteiger partial charge in [-0.1, -0.05) is 12.1 Å².